The van der Waals surface area contributed by atoms with E-state index < -0.39 is 11.1 Å². The van der Waals surface area contributed by atoms with Gasteiger partial charge in [-0.05, 0) is 18.0 Å². The lowest BCUT2D eigenvalue weighted by atomic mass is 10.4. The first kappa shape index (κ1) is 9.81. The van der Waals surface area contributed by atoms with E-state index in [2.05, 4.69) is 7.05 Å². The van der Waals surface area contributed by atoms with E-state index in [9.17, 15) is 8.76 Å². The highest BCUT2D eigenvalue weighted by Gasteiger charge is 1.99. The van der Waals surface area contributed by atoms with Crippen molar-refractivity contribution < 1.29 is 13.7 Å². The van der Waals surface area contributed by atoms with Crippen molar-refractivity contribution in [2.24, 2.45) is 0 Å². The molecule has 0 aliphatic rings. The fourth-order valence-corrected chi connectivity index (χ4v) is 0.850. The van der Waals surface area contributed by atoms with Crippen molar-refractivity contribution in [3.8, 4) is 0 Å². The van der Waals surface area contributed by atoms with E-state index in [0.29, 0.717) is 4.91 Å². The Bertz CT molecular complexity index is 175. The molecule has 1 N–H and O–H groups in total. The predicted octanol–water partition coefficient (Wildman–Crippen LogP) is -0.577. The van der Waals surface area contributed by atoms with Crippen molar-refractivity contribution in [1.29, 1.82) is 0 Å². The minimum Gasteiger partial charge on any atom is -0.768 e. The Morgan fingerprint density at radius 2 is 2.00 bits per heavy atom. The topological polar surface area (TPSA) is 44.6 Å². The lowest BCUT2D eigenvalue weighted by Crippen LogP contribution is -3.01. The molecule has 4 heteroatoms. The van der Waals surface area contributed by atoms with Crippen LogP contribution in [-0.2, 0) is 11.1 Å². The quantitative estimate of drug-likeness (QED) is 0.436. The molecule has 0 saturated carbocycles. The standard InChI is InChI=1S/C6H13NO2S/c1-5(7(3)4)6(2)10(8)9/h7H,3H2,1-2,4H3,(H,8,9)/p-1/b6-5-. The lowest BCUT2D eigenvalue weighted by Gasteiger charge is -2.17. The third kappa shape index (κ3) is 2.60. The Morgan fingerprint density at radius 3 is 2.10 bits per heavy atom. The normalized spacial score (nSPS) is 19.7. The van der Waals surface area contributed by atoms with Gasteiger partial charge in [0.25, 0.3) is 0 Å². The maximum atomic E-state index is 10.3. The Labute approximate surface area is 64.0 Å². The number of quaternary nitrogens is 1. The summed E-state index contributed by atoms with van der Waals surface area (Å²) in [5.74, 6) is 0. The second-order valence-corrected chi connectivity index (χ2v) is 3.28. The van der Waals surface area contributed by atoms with Gasteiger partial charge in [-0.3, -0.25) is 4.21 Å². The van der Waals surface area contributed by atoms with Gasteiger partial charge in [-0.1, -0.05) is 0 Å². The molecule has 10 heavy (non-hydrogen) atoms. The smallest absolute Gasteiger partial charge is 0.0883 e. The monoisotopic (exact) mass is 162 g/mol. The largest absolute Gasteiger partial charge is 0.768 e. The molecule has 0 rings (SSSR count). The molecule has 0 amide bonds. The lowest BCUT2D eigenvalue weighted by molar-refractivity contribution is -0.788. The van der Waals surface area contributed by atoms with Crippen molar-refractivity contribution in [3.63, 3.8) is 0 Å². The van der Waals surface area contributed by atoms with Gasteiger partial charge in [0.1, 0.15) is 0 Å². The summed E-state index contributed by atoms with van der Waals surface area (Å²) in [7, 11) is 5.41. The van der Waals surface area contributed by atoms with E-state index >= 15 is 0 Å². The van der Waals surface area contributed by atoms with Crippen LogP contribution >= 0.6 is 0 Å². The van der Waals surface area contributed by atoms with E-state index in [1.54, 1.807) is 20.9 Å². The van der Waals surface area contributed by atoms with Crippen LogP contribution in [0.4, 0.5) is 0 Å². The Morgan fingerprint density at radius 1 is 1.60 bits per heavy atom. The SMILES string of the molecule is [CH2-][NH+](C)/C(C)=C(/C)S(=O)[O-]. The summed E-state index contributed by atoms with van der Waals surface area (Å²) in [4.78, 5) is 1.16. The predicted molar refractivity (Wildman–Crippen MR) is 39.5 cm³/mol. The van der Waals surface area contributed by atoms with E-state index in [4.69, 9.17) is 0 Å². The Hall–Kier alpha value is -0.190. The van der Waals surface area contributed by atoms with E-state index in [-0.39, 0.29) is 0 Å². The molecule has 2 unspecified atom stereocenters. The van der Waals surface area contributed by atoms with Gasteiger partial charge in [-0.2, -0.15) is 0 Å². The third-order valence-electron chi connectivity index (χ3n) is 1.42. The summed E-state index contributed by atoms with van der Waals surface area (Å²) in [6.45, 7) is 3.31. The fourth-order valence-electron chi connectivity index (χ4n) is 0.426. The highest BCUT2D eigenvalue weighted by atomic mass is 32.2. The van der Waals surface area contributed by atoms with Gasteiger partial charge >= 0.3 is 0 Å². The van der Waals surface area contributed by atoms with Crippen LogP contribution in [0.25, 0.3) is 0 Å². The van der Waals surface area contributed by atoms with Gasteiger partial charge < -0.3 is 9.45 Å². The summed E-state index contributed by atoms with van der Waals surface area (Å²) in [6.07, 6.45) is 0. The molecule has 0 aromatic rings. The van der Waals surface area contributed by atoms with Crippen molar-refractivity contribution in [2.45, 2.75) is 13.8 Å². The van der Waals surface area contributed by atoms with Crippen LogP contribution in [0.3, 0.4) is 0 Å². The minimum atomic E-state index is -2.09. The van der Waals surface area contributed by atoms with Gasteiger partial charge in [0, 0.05) is 14.0 Å². The van der Waals surface area contributed by atoms with Crippen LogP contribution in [0.1, 0.15) is 13.8 Å². The third-order valence-corrected chi connectivity index (χ3v) is 2.22. The second-order valence-electron chi connectivity index (χ2n) is 2.20. The molecule has 0 fully saturated rings. The average molecular weight is 162 g/mol. The molecular weight excluding hydrogens is 150 g/mol. The highest BCUT2D eigenvalue weighted by Crippen LogP contribution is 1.98. The molecule has 60 valence electrons. The van der Waals surface area contributed by atoms with Crippen LogP contribution in [0.5, 0.6) is 0 Å². The first-order valence-corrected chi connectivity index (χ1v) is 3.97. The van der Waals surface area contributed by atoms with Crippen molar-refractivity contribution in [2.75, 3.05) is 7.05 Å². The zero-order valence-electron chi connectivity index (χ0n) is 6.43. The average Bonchev–Trinajstić information content (AvgIpc) is 1.84. The molecule has 0 aromatic carbocycles. The molecule has 0 saturated heterocycles. The molecule has 0 aliphatic carbocycles. The van der Waals surface area contributed by atoms with Gasteiger partial charge in [0.15, 0.2) is 0 Å². The van der Waals surface area contributed by atoms with Gasteiger partial charge in [0.2, 0.25) is 0 Å². The van der Waals surface area contributed by atoms with Crippen molar-refractivity contribution in [3.05, 3.63) is 17.6 Å². The van der Waals surface area contributed by atoms with Crippen LogP contribution in [0.15, 0.2) is 10.6 Å². The van der Waals surface area contributed by atoms with E-state index in [1.165, 1.54) is 0 Å². The number of nitrogens with one attached hydrogen (secondary N) is 1. The van der Waals surface area contributed by atoms with Crippen LogP contribution in [-0.4, -0.2) is 15.8 Å². The molecular formula is C6H12NO2S-. The van der Waals surface area contributed by atoms with Crippen LogP contribution in [0.2, 0.25) is 0 Å². The van der Waals surface area contributed by atoms with Crippen LogP contribution < -0.4 is 4.90 Å². The van der Waals surface area contributed by atoms with E-state index in [1.807, 2.05) is 0 Å². The maximum absolute atomic E-state index is 10.3. The zero-order valence-corrected chi connectivity index (χ0v) is 7.25. The van der Waals surface area contributed by atoms with Crippen LogP contribution in [0, 0.1) is 7.05 Å². The van der Waals surface area contributed by atoms with Gasteiger partial charge in [-0.25, -0.2) is 0 Å². The zero-order chi connectivity index (χ0) is 8.31. The number of rotatable bonds is 2. The molecule has 0 radical (unpaired) electrons. The molecule has 2 atom stereocenters. The minimum absolute atomic E-state index is 0.368. The maximum Gasteiger partial charge on any atom is 0.0883 e. The highest BCUT2D eigenvalue weighted by molar-refractivity contribution is 7.83. The van der Waals surface area contributed by atoms with Crippen molar-refractivity contribution in [1.82, 2.24) is 0 Å². The summed E-state index contributed by atoms with van der Waals surface area (Å²) >= 11 is -2.09. The molecule has 0 heterocycles. The molecule has 3 nitrogen and oxygen atoms in total. The fraction of sp³-hybridized carbons (Fsp3) is 0.500. The van der Waals surface area contributed by atoms with Crippen molar-refractivity contribution >= 4 is 11.1 Å². The summed E-state index contributed by atoms with van der Waals surface area (Å²) in [5, 5.41) is 0. The number of hydrogen-bond acceptors (Lipinski definition) is 2. The van der Waals surface area contributed by atoms with E-state index in [0.717, 1.165) is 10.6 Å². The Kier molecular flexibility index (Phi) is 3.78. The Balaban J connectivity index is 4.50. The first-order valence-electron chi connectivity index (χ1n) is 2.89. The first-order chi connectivity index (χ1) is 4.46. The molecule has 0 bridgehead atoms. The molecule has 0 spiro atoms. The van der Waals surface area contributed by atoms with Gasteiger partial charge in [0.05, 0.1) is 10.6 Å². The number of allylic oxidation sites excluding steroid dienone is 2. The number of hydrogen-bond donors (Lipinski definition) is 1. The van der Waals surface area contributed by atoms with Gasteiger partial charge in [-0.15, -0.1) is 7.05 Å². The molecule has 0 aromatic heterocycles. The summed E-state index contributed by atoms with van der Waals surface area (Å²) in [6, 6.07) is 0. The summed E-state index contributed by atoms with van der Waals surface area (Å²) in [5.41, 5.74) is 0.744. The molecule has 0 aliphatic heterocycles. The second kappa shape index (κ2) is 3.85. The summed E-state index contributed by atoms with van der Waals surface area (Å²) < 4.78 is 20.7.